The molecule has 2 aliphatic rings. The molecule has 0 unspecified atom stereocenters. The van der Waals surface area contributed by atoms with Gasteiger partial charge in [0.25, 0.3) is 0 Å². The third-order valence-corrected chi connectivity index (χ3v) is 3.93. The highest BCUT2D eigenvalue weighted by Crippen LogP contribution is 2.49. The van der Waals surface area contributed by atoms with E-state index in [0.29, 0.717) is 18.4 Å². The molecule has 4 heteroatoms. The van der Waals surface area contributed by atoms with E-state index in [2.05, 4.69) is 0 Å². The predicted octanol–water partition coefficient (Wildman–Crippen LogP) is 1.64. The summed E-state index contributed by atoms with van der Waals surface area (Å²) in [5.41, 5.74) is 0.982. The zero-order chi connectivity index (χ0) is 12.5. The summed E-state index contributed by atoms with van der Waals surface area (Å²) in [6, 6.07) is 9.60. The normalized spacial score (nSPS) is 28.9. The number of hydrogen-bond donors (Lipinski definition) is 1. The Morgan fingerprint density at radius 1 is 1.39 bits per heavy atom. The zero-order valence-electron chi connectivity index (χ0n) is 10.2. The second-order valence-electron chi connectivity index (χ2n) is 5.10. The molecule has 1 aromatic carbocycles. The number of benzene rings is 1. The second kappa shape index (κ2) is 4.61. The number of nitrogens with zero attached hydrogens (tertiary/aromatic N) is 1. The molecule has 1 saturated heterocycles. The van der Waals surface area contributed by atoms with Crippen molar-refractivity contribution in [3.63, 3.8) is 0 Å². The number of carbonyl (C=O) groups excluding carboxylic acids is 1. The van der Waals surface area contributed by atoms with Crippen molar-refractivity contribution in [2.24, 2.45) is 11.8 Å². The summed E-state index contributed by atoms with van der Waals surface area (Å²) < 4.78 is 5.29. The van der Waals surface area contributed by atoms with Gasteiger partial charge in [-0.05, 0) is 23.8 Å². The van der Waals surface area contributed by atoms with Gasteiger partial charge in [0, 0.05) is 6.54 Å². The Morgan fingerprint density at radius 3 is 2.89 bits per heavy atom. The van der Waals surface area contributed by atoms with Gasteiger partial charge in [-0.25, -0.2) is 4.79 Å². The van der Waals surface area contributed by atoms with Gasteiger partial charge in [0.1, 0.15) is 6.61 Å². The van der Waals surface area contributed by atoms with Crippen LogP contribution < -0.4 is 0 Å². The number of piperidine rings is 1. The third kappa shape index (κ3) is 2.08. The average molecular weight is 247 g/mol. The van der Waals surface area contributed by atoms with E-state index >= 15 is 0 Å². The van der Waals surface area contributed by atoms with Gasteiger partial charge < -0.3 is 14.7 Å². The van der Waals surface area contributed by atoms with Gasteiger partial charge in [-0.3, -0.25) is 0 Å². The number of carbonyl (C=O) groups is 1. The average Bonchev–Trinajstić information content (AvgIpc) is 3.09. The number of aliphatic hydroxyl groups excluding tert-OH is 1. The summed E-state index contributed by atoms with van der Waals surface area (Å²) >= 11 is 0. The van der Waals surface area contributed by atoms with Gasteiger partial charge in [0.2, 0.25) is 0 Å². The van der Waals surface area contributed by atoms with Crippen LogP contribution in [0.15, 0.2) is 30.3 Å². The van der Waals surface area contributed by atoms with Crippen LogP contribution in [0, 0.1) is 11.8 Å². The molecule has 1 saturated carbocycles. The largest absolute Gasteiger partial charge is 0.445 e. The molecule has 0 bridgehead atoms. The molecule has 1 amide bonds. The van der Waals surface area contributed by atoms with Crippen LogP contribution in [0.1, 0.15) is 12.0 Å². The van der Waals surface area contributed by atoms with E-state index in [0.717, 1.165) is 18.5 Å². The number of hydrogen-bond acceptors (Lipinski definition) is 3. The fraction of sp³-hybridized carbons (Fsp3) is 0.500. The molecule has 3 atom stereocenters. The van der Waals surface area contributed by atoms with Crippen LogP contribution in [0.5, 0.6) is 0 Å². The minimum Gasteiger partial charge on any atom is -0.445 e. The summed E-state index contributed by atoms with van der Waals surface area (Å²) in [5.74, 6) is 1.09. The minimum absolute atomic E-state index is 0.0294. The molecule has 18 heavy (non-hydrogen) atoms. The van der Waals surface area contributed by atoms with Crippen LogP contribution in [0.4, 0.5) is 4.79 Å². The summed E-state index contributed by atoms with van der Waals surface area (Å²) in [5, 5.41) is 9.32. The maximum atomic E-state index is 11.9. The monoisotopic (exact) mass is 247 g/mol. The fourth-order valence-electron chi connectivity index (χ4n) is 2.82. The first-order chi connectivity index (χ1) is 8.79. The summed E-state index contributed by atoms with van der Waals surface area (Å²) in [6.07, 6.45) is 0.846. The van der Waals surface area contributed by atoms with Crippen molar-refractivity contribution >= 4 is 6.09 Å². The molecular formula is C14H17NO3. The molecule has 0 spiro atoms. The fourth-order valence-corrected chi connectivity index (χ4v) is 2.82. The third-order valence-electron chi connectivity index (χ3n) is 3.93. The van der Waals surface area contributed by atoms with Gasteiger partial charge in [-0.2, -0.15) is 0 Å². The van der Waals surface area contributed by atoms with E-state index in [1.165, 1.54) is 0 Å². The number of amides is 1. The van der Waals surface area contributed by atoms with Crippen molar-refractivity contribution in [2.45, 2.75) is 19.1 Å². The summed E-state index contributed by atoms with van der Waals surface area (Å²) in [6.45, 7) is 1.08. The van der Waals surface area contributed by atoms with Crippen LogP contribution >= 0.6 is 0 Å². The van der Waals surface area contributed by atoms with Crippen molar-refractivity contribution < 1.29 is 14.6 Å². The summed E-state index contributed by atoms with van der Waals surface area (Å²) in [7, 11) is 0. The standard InChI is InChI=1S/C14H17NO3/c16-8-13-12-6-11(12)7-15(13)14(17)18-9-10-4-2-1-3-5-10/h1-5,11-13,16H,6-9H2/t11-,12-,13+/m0/s1. The highest BCUT2D eigenvalue weighted by molar-refractivity contribution is 5.69. The minimum atomic E-state index is -0.301. The molecule has 0 radical (unpaired) electrons. The van der Waals surface area contributed by atoms with Crippen LogP contribution in [0.2, 0.25) is 0 Å². The lowest BCUT2D eigenvalue weighted by atomic mass is 10.2. The lowest BCUT2D eigenvalue weighted by Gasteiger charge is -2.25. The van der Waals surface area contributed by atoms with Crippen LogP contribution in [0.25, 0.3) is 0 Å². The molecule has 2 fully saturated rings. The molecular weight excluding hydrogens is 230 g/mol. The molecule has 0 aromatic heterocycles. The van der Waals surface area contributed by atoms with Crippen molar-refractivity contribution in [3.05, 3.63) is 35.9 Å². The first-order valence-electron chi connectivity index (χ1n) is 6.38. The summed E-state index contributed by atoms with van der Waals surface area (Å²) in [4.78, 5) is 13.6. The van der Waals surface area contributed by atoms with E-state index in [9.17, 15) is 9.90 Å². The maximum absolute atomic E-state index is 11.9. The van der Waals surface area contributed by atoms with Crippen LogP contribution in [-0.2, 0) is 11.3 Å². The van der Waals surface area contributed by atoms with E-state index in [1.54, 1.807) is 4.90 Å². The van der Waals surface area contributed by atoms with Gasteiger partial charge in [-0.15, -0.1) is 0 Å². The van der Waals surface area contributed by atoms with Crippen LogP contribution in [-0.4, -0.2) is 35.3 Å². The SMILES string of the molecule is O=C(OCc1ccccc1)N1C[C@@H]2C[C@@H]2[C@H]1CO. The molecule has 4 nitrogen and oxygen atoms in total. The highest BCUT2D eigenvalue weighted by atomic mass is 16.6. The van der Waals surface area contributed by atoms with E-state index in [4.69, 9.17) is 4.74 Å². The molecule has 1 aliphatic carbocycles. The van der Waals surface area contributed by atoms with Crippen molar-refractivity contribution in [2.75, 3.05) is 13.2 Å². The highest BCUT2D eigenvalue weighted by Gasteiger charge is 2.54. The lowest BCUT2D eigenvalue weighted by molar-refractivity contribution is 0.0713. The predicted molar refractivity (Wildman–Crippen MR) is 65.8 cm³/mol. The first-order valence-corrected chi connectivity index (χ1v) is 6.38. The van der Waals surface area contributed by atoms with Crippen molar-refractivity contribution in [1.82, 2.24) is 4.90 Å². The molecule has 96 valence electrons. The molecule has 1 heterocycles. The molecule has 1 aromatic rings. The number of aliphatic hydroxyl groups is 1. The van der Waals surface area contributed by atoms with E-state index < -0.39 is 0 Å². The Kier molecular flexibility index (Phi) is 2.96. The molecule has 3 rings (SSSR count). The first kappa shape index (κ1) is 11.5. The number of ether oxygens (including phenoxy) is 1. The maximum Gasteiger partial charge on any atom is 0.410 e. The van der Waals surface area contributed by atoms with Gasteiger partial charge in [0.05, 0.1) is 12.6 Å². The smallest absolute Gasteiger partial charge is 0.410 e. The van der Waals surface area contributed by atoms with Crippen molar-refractivity contribution in [1.29, 1.82) is 0 Å². The Labute approximate surface area is 106 Å². The topological polar surface area (TPSA) is 49.8 Å². The second-order valence-corrected chi connectivity index (χ2v) is 5.10. The van der Waals surface area contributed by atoms with E-state index in [-0.39, 0.29) is 18.7 Å². The lowest BCUT2D eigenvalue weighted by Crippen LogP contribution is -2.40. The van der Waals surface area contributed by atoms with Gasteiger partial charge in [0.15, 0.2) is 0 Å². The Bertz CT molecular complexity index is 434. The quantitative estimate of drug-likeness (QED) is 0.883. The van der Waals surface area contributed by atoms with Gasteiger partial charge in [-0.1, -0.05) is 30.3 Å². The van der Waals surface area contributed by atoms with Crippen LogP contribution in [0.3, 0.4) is 0 Å². The Balaban J connectivity index is 1.56. The van der Waals surface area contributed by atoms with E-state index in [1.807, 2.05) is 30.3 Å². The van der Waals surface area contributed by atoms with Crippen molar-refractivity contribution in [3.8, 4) is 0 Å². The van der Waals surface area contributed by atoms with Gasteiger partial charge >= 0.3 is 6.09 Å². The Hall–Kier alpha value is -1.55. The Morgan fingerprint density at radius 2 is 2.17 bits per heavy atom. The number of likely N-dealkylation sites (tertiary alicyclic amines) is 1. The molecule has 1 N–H and O–H groups in total. The number of fused-ring (bicyclic) bond motifs is 1. The molecule has 1 aliphatic heterocycles. The number of rotatable bonds is 3. The zero-order valence-corrected chi connectivity index (χ0v) is 10.2.